The van der Waals surface area contributed by atoms with Crippen molar-refractivity contribution in [1.29, 1.82) is 0 Å². The standard InChI is InChI=1S/C16H27N3O/c1-2-3-10-20-16-9-8-15(12-19-16)18-11-13-4-6-14(17)7-5-13/h8-9,12-14,18H,2-7,10-11,17H2,1H3/t13-,14-. The number of nitrogens with one attached hydrogen (secondary N) is 1. The fourth-order valence-electron chi connectivity index (χ4n) is 2.55. The molecular weight excluding hydrogens is 250 g/mol. The van der Waals surface area contributed by atoms with Crippen LogP contribution in [0.15, 0.2) is 18.3 Å². The van der Waals surface area contributed by atoms with Crippen molar-refractivity contribution in [3.8, 4) is 5.88 Å². The van der Waals surface area contributed by atoms with E-state index in [1.807, 2.05) is 18.3 Å². The number of aromatic nitrogens is 1. The molecule has 0 bridgehead atoms. The number of nitrogens with zero attached hydrogens (tertiary/aromatic N) is 1. The van der Waals surface area contributed by atoms with E-state index in [9.17, 15) is 0 Å². The van der Waals surface area contributed by atoms with Crippen LogP contribution >= 0.6 is 0 Å². The molecule has 112 valence electrons. The molecule has 1 aromatic heterocycles. The minimum absolute atomic E-state index is 0.424. The summed E-state index contributed by atoms with van der Waals surface area (Å²) in [4.78, 5) is 4.32. The number of pyridine rings is 1. The van der Waals surface area contributed by atoms with Gasteiger partial charge in [-0.1, -0.05) is 13.3 Å². The van der Waals surface area contributed by atoms with Gasteiger partial charge in [-0.25, -0.2) is 4.98 Å². The molecule has 4 nitrogen and oxygen atoms in total. The van der Waals surface area contributed by atoms with Crippen molar-refractivity contribution in [3.05, 3.63) is 18.3 Å². The SMILES string of the molecule is CCCCOc1ccc(NC[C@H]2CC[C@H](N)CC2)cn1. The van der Waals surface area contributed by atoms with Gasteiger partial charge < -0.3 is 15.8 Å². The second-order valence-corrected chi connectivity index (χ2v) is 5.75. The summed E-state index contributed by atoms with van der Waals surface area (Å²) in [5.74, 6) is 1.46. The third kappa shape index (κ3) is 5.00. The molecule has 1 aromatic rings. The molecule has 1 aliphatic rings. The highest BCUT2D eigenvalue weighted by Gasteiger charge is 2.17. The van der Waals surface area contributed by atoms with E-state index >= 15 is 0 Å². The fourth-order valence-corrected chi connectivity index (χ4v) is 2.55. The predicted molar refractivity (Wildman–Crippen MR) is 83.1 cm³/mol. The smallest absolute Gasteiger partial charge is 0.213 e. The van der Waals surface area contributed by atoms with Crippen LogP contribution in [0.1, 0.15) is 45.4 Å². The molecule has 0 saturated heterocycles. The maximum absolute atomic E-state index is 5.93. The van der Waals surface area contributed by atoms with Gasteiger partial charge in [0.1, 0.15) is 0 Å². The van der Waals surface area contributed by atoms with Crippen LogP contribution in [-0.4, -0.2) is 24.2 Å². The summed E-state index contributed by atoms with van der Waals surface area (Å²) in [6.45, 7) is 3.92. The Bertz CT molecular complexity index is 372. The van der Waals surface area contributed by atoms with Gasteiger partial charge in [0.05, 0.1) is 18.5 Å². The van der Waals surface area contributed by atoms with Crippen LogP contribution in [0.2, 0.25) is 0 Å². The van der Waals surface area contributed by atoms with Crippen molar-refractivity contribution in [1.82, 2.24) is 4.98 Å². The Morgan fingerprint density at radius 3 is 2.75 bits per heavy atom. The largest absolute Gasteiger partial charge is 0.478 e. The van der Waals surface area contributed by atoms with Crippen molar-refractivity contribution >= 4 is 5.69 Å². The fraction of sp³-hybridized carbons (Fsp3) is 0.688. The lowest BCUT2D eigenvalue weighted by atomic mass is 9.86. The lowest BCUT2D eigenvalue weighted by Gasteiger charge is -2.26. The highest BCUT2D eigenvalue weighted by atomic mass is 16.5. The van der Waals surface area contributed by atoms with Crippen molar-refractivity contribution < 1.29 is 4.74 Å². The van der Waals surface area contributed by atoms with Gasteiger partial charge in [-0.2, -0.15) is 0 Å². The Hall–Kier alpha value is -1.29. The van der Waals surface area contributed by atoms with E-state index in [-0.39, 0.29) is 0 Å². The Labute approximate surface area is 122 Å². The van der Waals surface area contributed by atoms with Gasteiger partial charge in [0.15, 0.2) is 0 Å². The van der Waals surface area contributed by atoms with Crippen LogP contribution in [-0.2, 0) is 0 Å². The van der Waals surface area contributed by atoms with Crippen molar-refractivity contribution in [2.24, 2.45) is 11.7 Å². The van der Waals surface area contributed by atoms with Crippen LogP contribution in [0.3, 0.4) is 0 Å². The molecule has 1 heterocycles. The van der Waals surface area contributed by atoms with E-state index in [1.165, 1.54) is 12.8 Å². The Morgan fingerprint density at radius 2 is 2.10 bits per heavy atom. The highest BCUT2D eigenvalue weighted by Crippen LogP contribution is 2.23. The molecule has 0 amide bonds. The first-order chi connectivity index (χ1) is 9.78. The van der Waals surface area contributed by atoms with Gasteiger partial charge >= 0.3 is 0 Å². The topological polar surface area (TPSA) is 60.2 Å². The molecule has 0 atom stereocenters. The molecule has 3 N–H and O–H groups in total. The number of rotatable bonds is 7. The van der Waals surface area contributed by atoms with E-state index in [4.69, 9.17) is 10.5 Å². The van der Waals surface area contributed by atoms with E-state index in [1.54, 1.807) is 0 Å². The molecule has 1 fully saturated rings. The zero-order valence-corrected chi connectivity index (χ0v) is 12.5. The maximum atomic E-state index is 5.93. The van der Waals surface area contributed by atoms with E-state index < -0.39 is 0 Å². The summed E-state index contributed by atoms with van der Waals surface area (Å²) in [6, 6.07) is 4.41. The lowest BCUT2D eigenvalue weighted by molar-refractivity contribution is 0.298. The molecule has 2 rings (SSSR count). The first-order valence-electron chi connectivity index (χ1n) is 7.86. The molecule has 0 aromatic carbocycles. The number of ether oxygens (including phenoxy) is 1. The molecule has 1 saturated carbocycles. The third-order valence-electron chi connectivity index (χ3n) is 3.97. The first kappa shape index (κ1) is 15.1. The summed E-state index contributed by atoms with van der Waals surface area (Å²) in [6.07, 6.45) is 8.87. The zero-order valence-electron chi connectivity index (χ0n) is 12.5. The highest BCUT2D eigenvalue weighted by molar-refractivity contribution is 5.42. The second-order valence-electron chi connectivity index (χ2n) is 5.75. The molecule has 20 heavy (non-hydrogen) atoms. The summed E-state index contributed by atoms with van der Waals surface area (Å²) in [5.41, 5.74) is 7.00. The number of hydrogen-bond donors (Lipinski definition) is 2. The normalized spacial score (nSPS) is 22.5. The van der Waals surface area contributed by atoms with Crippen LogP contribution in [0.5, 0.6) is 5.88 Å². The molecule has 0 spiro atoms. The number of unbranched alkanes of at least 4 members (excludes halogenated alkanes) is 1. The molecule has 0 unspecified atom stereocenters. The predicted octanol–water partition coefficient (Wildman–Crippen LogP) is 3.19. The molecular formula is C16H27N3O. The van der Waals surface area contributed by atoms with Crippen LogP contribution < -0.4 is 15.8 Å². The van der Waals surface area contributed by atoms with Crippen molar-refractivity contribution in [2.75, 3.05) is 18.5 Å². The van der Waals surface area contributed by atoms with E-state index in [0.717, 1.165) is 50.4 Å². The molecule has 0 radical (unpaired) electrons. The molecule has 0 aliphatic heterocycles. The number of anilines is 1. The Balaban J connectivity index is 1.70. The van der Waals surface area contributed by atoms with Crippen molar-refractivity contribution in [2.45, 2.75) is 51.5 Å². The Kier molecular flexibility index (Phi) is 6.12. The van der Waals surface area contributed by atoms with Crippen molar-refractivity contribution in [3.63, 3.8) is 0 Å². The van der Waals surface area contributed by atoms with Gasteiger partial charge in [-0.05, 0) is 44.1 Å². The summed E-state index contributed by atoms with van der Waals surface area (Å²) in [5, 5.41) is 3.46. The number of nitrogens with two attached hydrogens (primary N) is 1. The quantitative estimate of drug-likeness (QED) is 0.751. The van der Waals surface area contributed by atoms with Gasteiger partial charge in [-0.15, -0.1) is 0 Å². The number of hydrogen-bond acceptors (Lipinski definition) is 4. The van der Waals surface area contributed by atoms with E-state index in [0.29, 0.717) is 11.9 Å². The van der Waals surface area contributed by atoms with Crippen LogP contribution in [0.25, 0.3) is 0 Å². The average Bonchev–Trinajstić information content (AvgIpc) is 2.48. The monoisotopic (exact) mass is 277 g/mol. The first-order valence-corrected chi connectivity index (χ1v) is 7.86. The maximum Gasteiger partial charge on any atom is 0.213 e. The Morgan fingerprint density at radius 1 is 1.30 bits per heavy atom. The minimum atomic E-state index is 0.424. The summed E-state index contributed by atoms with van der Waals surface area (Å²) in [7, 11) is 0. The molecule has 1 aliphatic carbocycles. The zero-order chi connectivity index (χ0) is 14.2. The van der Waals surface area contributed by atoms with Gasteiger partial charge in [0, 0.05) is 18.7 Å². The van der Waals surface area contributed by atoms with Crippen LogP contribution in [0, 0.1) is 5.92 Å². The second kappa shape index (κ2) is 8.10. The van der Waals surface area contributed by atoms with Gasteiger partial charge in [-0.3, -0.25) is 0 Å². The summed E-state index contributed by atoms with van der Waals surface area (Å²) < 4.78 is 5.55. The lowest BCUT2D eigenvalue weighted by Crippen LogP contribution is -2.29. The third-order valence-corrected chi connectivity index (χ3v) is 3.97. The summed E-state index contributed by atoms with van der Waals surface area (Å²) >= 11 is 0. The van der Waals surface area contributed by atoms with Gasteiger partial charge in [0.2, 0.25) is 5.88 Å². The minimum Gasteiger partial charge on any atom is -0.478 e. The van der Waals surface area contributed by atoms with Crippen LogP contribution in [0.4, 0.5) is 5.69 Å². The molecule has 4 heteroatoms. The average molecular weight is 277 g/mol. The van der Waals surface area contributed by atoms with E-state index in [2.05, 4.69) is 17.2 Å². The van der Waals surface area contributed by atoms with Gasteiger partial charge in [0.25, 0.3) is 0 Å².